The van der Waals surface area contributed by atoms with E-state index in [1.807, 2.05) is 48.9 Å². The summed E-state index contributed by atoms with van der Waals surface area (Å²) in [5, 5.41) is 4.78. The Morgan fingerprint density at radius 2 is 2.10 bits per heavy atom. The van der Waals surface area contributed by atoms with Crippen molar-refractivity contribution in [2.75, 3.05) is 0 Å². The highest BCUT2D eigenvalue weighted by Gasteiger charge is 2.18. The number of nitrogens with zero attached hydrogens (tertiary/aromatic N) is 1. The molecule has 2 atom stereocenters. The molecule has 108 valence electrons. The molecular weight excluding hydrogens is 272 g/mol. The van der Waals surface area contributed by atoms with Crippen LogP contribution in [-0.4, -0.2) is 16.5 Å². The second kappa shape index (κ2) is 6.31. The second-order valence-electron chi connectivity index (χ2n) is 5.27. The lowest BCUT2D eigenvalue weighted by Gasteiger charge is -2.19. The van der Waals surface area contributed by atoms with E-state index in [2.05, 4.69) is 12.2 Å². The van der Waals surface area contributed by atoms with Gasteiger partial charge in [-0.15, -0.1) is 0 Å². The summed E-state index contributed by atoms with van der Waals surface area (Å²) in [5.41, 5.74) is 0.917. The Bertz CT molecular complexity index is 606. The van der Waals surface area contributed by atoms with Crippen molar-refractivity contribution in [3.63, 3.8) is 0 Å². The van der Waals surface area contributed by atoms with Crippen LogP contribution in [-0.2, 0) is 4.79 Å². The number of hydrogen-bond donors (Lipinski definition) is 1. The first kappa shape index (κ1) is 14.9. The number of hydrogen-bond acceptors (Lipinski definition) is 1. The van der Waals surface area contributed by atoms with E-state index in [4.69, 9.17) is 11.6 Å². The van der Waals surface area contributed by atoms with Gasteiger partial charge in [-0.2, -0.15) is 0 Å². The maximum Gasteiger partial charge on any atom is 0.242 e. The molecule has 1 heterocycles. The molecule has 0 fully saturated rings. The molecule has 0 saturated carbocycles. The molecule has 0 aliphatic rings. The average molecular weight is 293 g/mol. The number of amides is 1. The third-order valence-corrected chi connectivity index (χ3v) is 3.90. The standard InChI is InChI=1S/C16H21ClN2O/c1-4-6-11(2)18-16(20)12(3)19-10-9-13-7-5-8-14(17)15(13)19/h5,7-12H,4,6H2,1-3H3,(H,18,20). The van der Waals surface area contributed by atoms with Crippen LogP contribution in [0.25, 0.3) is 10.9 Å². The zero-order valence-electron chi connectivity index (χ0n) is 12.2. The number of carbonyl (C=O) groups is 1. The molecule has 4 heteroatoms. The number of rotatable bonds is 5. The quantitative estimate of drug-likeness (QED) is 0.882. The average Bonchev–Trinajstić information content (AvgIpc) is 2.83. The van der Waals surface area contributed by atoms with Crippen LogP contribution < -0.4 is 5.32 Å². The SMILES string of the molecule is CCCC(C)NC(=O)C(C)n1ccc2cccc(Cl)c21. The van der Waals surface area contributed by atoms with Crippen molar-refractivity contribution >= 4 is 28.4 Å². The van der Waals surface area contributed by atoms with Crippen molar-refractivity contribution in [2.24, 2.45) is 0 Å². The normalized spacial score (nSPS) is 14.2. The number of halogens is 1. The van der Waals surface area contributed by atoms with Gasteiger partial charge in [-0.1, -0.05) is 37.1 Å². The van der Waals surface area contributed by atoms with Gasteiger partial charge in [0.25, 0.3) is 0 Å². The molecule has 3 nitrogen and oxygen atoms in total. The molecular formula is C16H21ClN2O. The van der Waals surface area contributed by atoms with Gasteiger partial charge in [0.1, 0.15) is 6.04 Å². The minimum atomic E-state index is -0.272. The van der Waals surface area contributed by atoms with E-state index in [0.717, 1.165) is 23.7 Å². The Morgan fingerprint density at radius 3 is 2.80 bits per heavy atom. The third kappa shape index (κ3) is 2.98. The molecule has 2 aromatic rings. The van der Waals surface area contributed by atoms with E-state index >= 15 is 0 Å². The van der Waals surface area contributed by atoms with E-state index in [-0.39, 0.29) is 18.0 Å². The number of nitrogens with one attached hydrogen (secondary N) is 1. The number of para-hydroxylation sites is 1. The minimum absolute atomic E-state index is 0.0309. The second-order valence-corrected chi connectivity index (χ2v) is 5.68. The fourth-order valence-corrected chi connectivity index (χ4v) is 2.77. The van der Waals surface area contributed by atoms with Crippen molar-refractivity contribution in [3.8, 4) is 0 Å². The highest BCUT2D eigenvalue weighted by Crippen LogP contribution is 2.27. The fraction of sp³-hybridized carbons (Fsp3) is 0.438. The van der Waals surface area contributed by atoms with E-state index in [9.17, 15) is 4.79 Å². The molecule has 0 radical (unpaired) electrons. The minimum Gasteiger partial charge on any atom is -0.352 e. The van der Waals surface area contributed by atoms with Crippen molar-refractivity contribution in [1.29, 1.82) is 0 Å². The Balaban J connectivity index is 2.23. The number of benzene rings is 1. The van der Waals surface area contributed by atoms with Gasteiger partial charge < -0.3 is 9.88 Å². The molecule has 1 aromatic carbocycles. The van der Waals surface area contributed by atoms with Gasteiger partial charge in [0.2, 0.25) is 5.91 Å². The lowest BCUT2D eigenvalue weighted by Crippen LogP contribution is -2.37. The van der Waals surface area contributed by atoms with Crippen LogP contribution in [0.1, 0.15) is 39.7 Å². The molecule has 1 aromatic heterocycles. The molecule has 1 amide bonds. The third-order valence-electron chi connectivity index (χ3n) is 3.60. The summed E-state index contributed by atoms with van der Waals surface area (Å²) in [4.78, 5) is 12.3. The Labute approximate surface area is 124 Å². The van der Waals surface area contributed by atoms with E-state index in [1.165, 1.54) is 0 Å². The van der Waals surface area contributed by atoms with Crippen LogP contribution in [0.3, 0.4) is 0 Å². The van der Waals surface area contributed by atoms with Crippen LogP contribution >= 0.6 is 11.6 Å². The van der Waals surface area contributed by atoms with Crippen LogP contribution in [0.5, 0.6) is 0 Å². The van der Waals surface area contributed by atoms with Gasteiger partial charge in [-0.3, -0.25) is 4.79 Å². The maximum absolute atomic E-state index is 12.3. The molecule has 0 aliphatic heterocycles. The predicted molar refractivity (Wildman–Crippen MR) is 84.2 cm³/mol. The van der Waals surface area contributed by atoms with Crippen molar-refractivity contribution in [2.45, 2.75) is 45.7 Å². The van der Waals surface area contributed by atoms with Crippen LogP contribution in [0.2, 0.25) is 5.02 Å². The van der Waals surface area contributed by atoms with Crippen LogP contribution in [0.4, 0.5) is 0 Å². The first-order valence-corrected chi connectivity index (χ1v) is 7.47. The summed E-state index contributed by atoms with van der Waals surface area (Å²) in [6, 6.07) is 7.69. The van der Waals surface area contributed by atoms with Crippen molar-refractivity contribution in [3.05, 3.63) is 35.5 Å². The molecule has 0 aliphatic carbocycles. The highest BCUT2D eigenvalue weighted by molar-refractivity contribution is 6.35. The summed E-state index contributed by atoms with van der Waals surface area (Å²) in [7, 11) is 0. The number of carbonyl (C=O) groups excluding carboxylic acids is 1. The summed E-state index contributed by atoms with van der Waals surface area (Å²) >= 11 is 6.26. The first-order chi connectivity index (χ1) is 9.54. The Morgan fingerprint density at radius 1 is 1.35 bits per heavy atom. The summed E-state index contributed by atoms with van der Waals surface area (Å²) < 4.78 is 1.94. The number of fused-ring (bicyclic) bond motifs is 1. The van der Waals surface area contributed by atoms with E-state index in [1.54, 1.807) is 0 Å². The molecule has 2 rings (SSSR count). The summed E-state index contributed by atoms with van der Waals surface area (Å²) in [6.45, 7) is 6.05. The Hall–Kier alpha value is -1.48. The van der Waals surface area contributed by atoms with E-state index in [0.29, 0.717) is 5.02 Å². The zero-order valence-corrected chi connectivity index (χ0v) is 12.9. The Kier molecular flexibility index (Phi) is 4.71. The summed E-state index contributed by atoms with van der Waals surface area (Å²) in [6.07, 6.45) is 3.98. The molecule has 0 bridgehead atoms. The molecule has 2 unspecified atom stereocenters. The molecule has 0 saturated heterocycles. The van der Waals surface area contributed by atoms with Crippen LogP contribution in [0, 0.1) is 0 Å². The monoisotopic (exact) mass is 292 g/mol. The summed E-state index contributed by atoms with van der Waals surface area (Å²) in [5.74, 6) is 0.0309. The smallest absolute Gasteiger partial charge is 0.242 e. The van der Waals surface area contributed by atoms with E-state index < -0.39 is 0 Å². The van der Waals surface area contributed by atoms with Crippen molar-refractivity contribution in [1.82, 2.24) is 9.88 Å². The molecule has 0 spiro atoms. The van der Waals surface area contributed by atoms with Gasteiger partial charge in [0.15, 0.2) is 0 Å². The zero-order chi connectivity index (χ0) is 14.7. The lowest BCUT2D eigenvalue weighted by molar-refractivity contribution is -0.124. The molecule has 1 N–H and O–H groups in total. The van der Waals surface area contributed by atoms with Gasteiger partial charge in [-0.05, 0) is 32.4 Å². The van der Waals surface area contributed by atoms with Gasteiger partial charge in [0, 0.05) is 17.6 Å². The van der Waals surface area contributed by atoms with Crippen molar-refractivity contribution < 1.29 is 4.79 Å². The highest BCUT2D eigenvalue weighted by atomic mass is 35.5. The lowest BCUT2D eigenvalue weighted by atomic mass is 10.2. The van der Waals surface area contributed by atoms with Gasteiger partial charge in [0.05, 0.1) is 10.5 Å². The first-order valence-electron chi connectivity index (χ1n) is 7.10. The van der Waals surface area contributed by atoms with Gasteiger partial charge >= 0.3 is 0 Å². The topological polar surface area (TPSA) is 34.0 Å². The van der Waals surface area contributed by atoms with Crippen LogP contribution in [0.15, 0.2) is 30.5 Å². The fourth-order valence-electron chi connectivity index (χ4n) is 2.49. The largest absolute Gasteiger partial charge is 0.352 e. The maximum atomic E-state index is 12.3. The predicted octanol–water partition coefficient (Wildman–Crippen LogP) is 4.16. The van der Waals surface area contributed by atoms with Gasteiger partial charge in [-0.25, -0.2) is 0 Å². The number of aromatic nitrogens is 1. The molecule has 20 heavy (non-hydrogen) atoms.